The molecule has 0 heterocycles. The molecule has 174 valence electrons. The first kappa shape index (κ1) is 23.6. The molecule has 34 heavy (non-hydrogen) atoms. The molecule has 4 rings (SSSR count). The Morgan fingerprint density at radius 2 is 1.50 bits per heavy atom. The fraction of sp³-hybridized carbons (Fsp3) is 0.300. The van der Waals surface area contributed by atoms with Crippen molar-refractivity contribution in [3.05, 3.63) is 94.5 Å². The van der Waals surface area contributed by atoms with Crippen molar-refractivity contribution in [1.29, 1.82) is 0 Å². The van der Waals surface area contributed by atoms with E-state index in [1.165, 1.54) is 29.2 Å². The lowest BCUT2D eigenvalue weighted by atomic mass is 9.71. The Morgan fingerprint density at radius 1 is 0.853 bits per heavy atom. The monoisotopic (exact) mass is 453 g/mol. The van der Waals surface area contributed by atoms with Crippen molar-refractivity contribution in [3.63, 3.8) is 0 Å². The fourth-order valence-electron chi connectivity index (χ4n) is 5.41. The van der Waals surface area contributed by atoms with Crippen LogP contribution in [0.15, 0.2) is 71.9 Å². The number of hydrogen-bond donors (Lipinski definition) is 0. The molecule has 0 N–H and O–H groups in total. The minimum atomic E-state index is -0.562. The van der Waals surface area contributed by atoms with Crippen LogP contribution in [0.2, 0.25) is 0 Å². The van der Waals surface area contributed by atoms with Crippen molar-refractivity contribution < 1.29 is 14.4 Å². The third-order valence-electron chi connectivity index (χ3n) is 6.76. The maximum absolute atomic E-state index is 13.8. The second kappa shape index (κ2) is 9.76. The van der Waals surface area contributed by atoms with Gasteiger partial charge in [0.05, 0.1) is 0 Å². The Labute approximate surface area is 201 Å². The molecule has 0 saturated carbocycles. The van der Waals surface area contributed by atoms with Crippen LogP contribution in [0, 0.1) is 6.92 Å². The zero-order valence-electron chi connectivity index (χ0n) is 20.4. The van der Waals surface area contributed by atoms with Crippen molar-refractivity contribution in [1.82, 2.24) is 0 Å². The molecule has 3 aromatic carbocycles. The van der Waals surface area contributed by atoms with Crippen molar-refractivity contribution in [2.75, 3.05) is 0 Å². The summed E-state index contributed by atoms with van der Waals surface area (Å²) < 4.78 is 0. The quantitative estimate of drug-likeness (QED) is 0.159. The molecule has 0 atom stereocenters. The first-order chi connectivity index (χ1) is 16.4. The molecule has 0 radical (unpaired) electrons. The van der Waals surface area contributed by atoms with E-state index in [0.717, 1.165) is 31.2 Å². The van der Waals surface area contributed by atoms with E-state index < -0.39 is 5.97 Å². The van der Waals surface area contributed by atoms with E-state index in [2.05, 4.69) is 49.3 Å². The maximum Gasteiger partial charge on any atom is 0.332 e. The summed E-state index contributed by atoms with van der Waals surface area (Å²) in [5, 5.41) is 3.99. The molecule has 4 heteroatoms. The number of fused-ring (bicyclic) bond motifs is 3. The van der Waals surface area contributed by atoms with E-state index >= 15 is 0 Å². The van der Waals surface area contributed by atoms with Gasteiger partial charge in [-0.3, -0.25) is 4.79 Å². The van der Waals surface area contributed by atoms with E-state index in [1.807, 2.05) is 43.3 Å². The first-order valence-corrected chi connectivity index (χ1v) is 12.0. The van der Waals surface area contributed by atoms with Crippen molar-refractivity contribution in [2.45, 2.75) is 58.8 Å². The molecule has 0 aliphatic heterocycles. The highest BCUT2D eigenvalue weighted by Gasteiger charge is 2.42. The number of hydrogen-bond acceptors (Lipinski definition) is 4. The van der Waals surface area contributed by atoms with Crippen LogP contribution in [-0.4, -0.2) is 17.5 Å². The minimum Gasteiger partial charge on any atom is -0.318 e. The van der Waals surface area contributed by atoms with Gasteiger partial charge in [-0.15, -0.1) is 0 Å². The zero-order chi connectivity index (χ0) is 24.3. The van der Waals surface area contributed by atoms with Crippen molar-refractivity contribution >= 4 is 17.5 Å². The topological polar surface area (TPSA) is 55.7 Å². The SMILES string of the molecule is CCCC1(CCC)c2ccccc2-c2ccc(C(=O)C(=NOC(C)=O)c3ccccc3C)cc21. The van der Waals surface area contributed by atoms with Crippen molar-refractivity contribution in [2.24, 2.45) is 5.16 Å². The average molecular weight is 454 g/mol. The Balaban J connectivity index is 1.87. The normalized spacial score (nSPS) is 13.8. The Hall–Kier alpha value is -3.53. The lowest BCUT2D eigenvalue weighted by Crippen LogP contribution is -2.26. The van der Waals surface area contributed by atoms with Gasteiger partial charge in [0.25, 0.3) is 0 Å². The molecule has 0 unspecified atom stereocenters. The van der Waals surface area contributed by atoms with Gasteiger partial charge in [-0.1, -0.05) is 92.5 Å². The number of carbonyl (C=O) groups is 2. The zero-order valence-corrected chi connectivity index (χ0v) is 20.4. The number of ketones is 1. The van der Waals surface area contributed by atoms with Crippen LogP contribution >= 0.6 is 0 Å². The average Bonchev–Trinajstić information content (AvgIpc) is 3.10. The summed E-state index contributed by atoms with van der Waals surface area (Å²) in [7, 11) is 0. The number of Topliss-reactive ketones (excluding diaryl/α,β-unsaturated/α-hetero) is 1. The molecule has 4 nitrogen and oxygen atoms in total. The van der Waals surface area contributed by atoms with Gasteiger partial charge in [0, 0.05) is 23.5 Å². The highest BCUT2D eigenvalue weighted by atomic mass is 16.7. The lowest BCUT2D eigenvalue weighted by Gasteiger charge is -2.32. The van der Waals surface area contributed by atoms with Crippen LogP contribution in [-0.2, 0) is 15.0 Å². The third-order valence-corrected chi connectivity index (χ3v) is 6.76. The smallest absolute Gasteiger partial charge is 0.318 e. The van der Waals surface area contributed by atoms with Crippen LogP contribution in [0.5, 0.6) is 0 Å². The Bertz CT molecular complexity index is 1270. The Morgan fingerprint density at radius 3 is 2.18 bits per heavy atom. The number of carbonyl (C=O) groups excluding carboxylic acids is 2. The van der Waals surface area contributed by atoms with E-state index in [0.29, 0.717) is 11.1 Å². The standard InChI is InChI=1S/C30H31NO3/c1-5-17-30(18-6-2)26-14-10-9-13-24(26)25-16-15-22(19-27(25)30)29(33)28(31-34-21(4)32)23-12-8-7-11-20(23)3/h7-16,19H,5-6,17-18H2,1-4H3. The van der Waals surface area contributed by atoms with Gasteiger partial charge in [-0.2, -0.15) is 0 Å². The highest BCUT2D eigenvalue weighted by Crippen LogP contribution is 2.53. The predicted octanol–water partition coefficient (Wildman–Crippen LogP) is 7.01. The van der Waals surface area contributed by atoms with Crippen LogP contribution in [0.25, 0.3) is 11.1 Å². The third kappa shape index (κ3) is 4.09. The molecule has 3 aromatic rings. The number of rotatable bonds is 8. The van der Waals surface area contributed by atoms with Gasteiger partial charge in [-0.05, 0) is 53.6 Å². The summed E-state index contributed by atoms with van der Waals surface area (Å²) in [5.41, 5.74) is 7.15. The summed E-state index contributed by atoms with van der Waals surface area (Å²) in [4.78, 5) is 30.2. The number of benzene rings is 3. The van der Waals surface area contributed by atoms with Crippen LogP contribution < -0.4 is 0 Å². The Kier molecular flexibility index (Phi) is 6.78. The second-order valence-corrected chi connectivity index (χ2v) is 9.05. The van der Waals surface area contributed by atoms with E-state index in [9.17, 15) is 9.59 Å². The molecular formula is C30H31NO3. The van der Waals surface area contributed by atoms with Gasteiger partial charge in [0.2, 0.25) is 5.78 Å². The number of oxime groups is 1. The van der Waals surface area contributed by atoms with Gasteiger partial charge >= 0.3 is 5.97 Å². The molecule has 1 aliphatic carbocycles. The van der Waals surface area contributed by atoms with Crippen LogP contribution in [0.1, 0.15) is 79.1 Å². The van der Waals surface area contributed by atoms with Gasteiger partial charge < -0.3 is 4.84 Å². The maximum atomic E-state index is 13.8. The van der Waals surface area contributed by atoms with E-state index in [1.54, 1.807) is 0 Å². The predicted molar refractivity (Wildman–Crippen MR) is 136 cm³/mol. The molecule has 0 bridgehead atoms. The summed E-state index contributed by atoms with van der Waals surface area (Å²) in [5.74, 6) is -0.815. The molecule has 0 spiro atoms. The van der Waals surface area contributed by atoms with Gasteiger partial charge in [0.15, 0.2) is 5.71 Å². The number of nitrogens with zero attached hydrogens (tertiary/aromatic N) is 1. The van der Waals surface area contributed by atoms with Crippen LogP contribution in [0.4, 0.5) is 0 Å². The second-order valence-electron chi connectivity index (χ2n) is 9.05. The fourth-order valence-corrected chi connectivity index (χ4v) is 5.41. The van der Waals surface area contributed by atoms with E-state index in [4.69, 9.17) is 4.84 Å². The molecule has 0 aromatic heterocycles. The molecule has 1 aliphatic rings. The largest absolute Gasteiger partial charge is 0.332 e. The van der Waals surface area contributed by atoms with Gasteiger partial charge in [-0.25, -0.2) is 4.79 Å². The summed E-state index contributed by atoms with van der Waals surface area (Å²) in [6, 6.07) is 22.1. The lowest BCUT2D eigenvalue weighted by molar-refractivity contribution is -0.140. The summed E-state index contributed by atoms with van der Waals surface area (Å²) >= 11 is 0. The molecule has 0 amide bonds. The minimum absolute atomic E-state index is 0.110. The first-order valence-electron chi connectivity index (χ1n) is 12.0. The molecular weight excluding hydrogens is 422 g/mol. The molecule has 0 fully saturated rings. The summed E-state index contributed by atoms with van der Waals surface area (Å²) in [6.07, 6.45) is 4.14. The van der Waals surface area contributed by atoms with Crippen LogP contribution in [0.3, 0.4) is 0 Å². The van der Waals surface area contributed by atoms with Crippen molar-refractivity contribution in [3.8, 4) is 11.1 Å². The van der Waals surface area contributed by atoms with E-state index in [-0.39, 0.29) is 16.9 Å². The highest BCUT2D eigenvalue weighted by molar-refractivity contribution is 6.51. The molecule has 0 saturated heterocycles. The summed E-state index contributed by atoms with van der Waals surface area (Å²) in [6.45, 7) is 7.63. The number of aryl methyl sites for hydroxylation is 1. The van der Waals surface area contributed by atoms with Gasteiger partial charge in [0.1, 0.15) is 0 Å².